The van der Waals surface area contributed by atoms with E-state index in [0.717, 1.165) is 12.8 Å². The van der Waals surface area contributed by atoms with Gasteiger partial charge in [0, 0.05) is 0 Å². The van der Waals surface area contributed by atoms with E-state index in [0.29, 0.717) is 0 Å². The van der Waals surface area contributed by atoms with Crippen molar-refractivity contribution in [3.05, 3.63) is 31.2 Å². The van der Waals surface area contributed by atoms with Crippen LogP contribution in [0.4, 0.5) is 0 Å². The lowest BCUT2D eigenvalue weighted by atomic mass is 10.1. The van der Waals surface area contributed by atoms with Gasteiger partial charge in [-0.05, 0) is 32.1 Å². The fraction of sp³-hybridized carbons (Fsp3) is 0.706. The van der Waals surface area contributed by atoms with Crippen molar-refractivity contribution in [1.82, 2.24) is 0 Å². The average Bonchev–Trinajstić information content (AvgIpc) is 2.35. The molecule has 0 saturated heterocycles. The molecule has 0 aromatic carbocycles. The summed E-state index contributed by atoms with van der Waals surface area (Å²) in [6, 6.07) is 0. The van der Waals surface area contributed by atoms with Crippen LogP contribution in [0.1, 0.15) is 77.6 Å². The highest BCUT2D eigenvalue weighted by Crippen LogP contribution is 2.07. The van der Waals surface area contributed by atoms with E-state index in [1.54, 1.807) is 0 Å². The minimum absolute atomic E-state index is 1.05. The summed E-state index contributed by atoms with van der Waals surface area (Å²) in [5.41, 5.74) is 0. The molecule has 0 nitrogen and oxygen atoms in total. The smallest absolute Gasteiger partial charge is 0.0169 e. The van der Waals surface area contributed by atoms with Gasteiger partial charge in [0.05, 0.1) is 0 Å². The normalized spacial score (nSPS) is 11.9. The summed E-state index contributed by atoms with van der Waals surface area (Å²) in [4.78, 5) is 0. The Kier molecular flexibility index (Phi) is 15.0. The van der Waals surface area contributed by atoms with Gasteiger partial charge >= 0.3 is 0 Å². The van der Waals surface area contributed by atoms with E-state index in [-0.39, 0.29) is 0 Å². The third-order valence-corrected chi connectivity index (χ3v) is 2.95. The number of hydrogen-bond acceptors (Lipinski definition) is 0. The minimum Gasteiger partial charge on any atom is -0.0882 e. The van der Waals surface area contributed by atoms with Gasteiger partial charge in [-0.3, -0.25) is 0 Å². The predicted octanol–water partition coefficient (Wildman–Crippen LogP) is 6.24. The molecule has 0 aliphatic carbocycles. The lowest BCUT2D eigenvalue weighted by Gasteiger charge is -1.97. The first-order valence-corrected chi connectivity index (χ1v) is 7.51. The van der Waals surface area contributed by atoms with Crippen LogP contribution in [0.15, 0.2) is 24.3 Å². The molecule has 0 heterocycles. The second-order valence-electron chi connectivity index (χ2n) is 4.73. The number of rotatable bonds is 12. The molecule has 0 amide bonds. The zero-order valence-electron chi connectivity index (χ0n) is 11.8. The van der Waals surface area contributed by atoms with Gasteiger partial charge in [0.25, 0.3) is 0 Å². The van der Waals surface area contributed by atoms with Crippen molar-refractivity contribution in [2.45, 2.75) is 77.6 Å². The first-order valence-electron chi connectivity index (χ1n) is 7.51. The lowest BCUT2D eigenvalue weighted by Crippen LogP contribution is -1.77. The van der Waals surface area contributed by atoms with Crippen LogP contribution in [0.25, 0.3) is 0 Å². The van der Waals surface area contributed by atoms with Crippen LogP contribution in [0.3, 0.4) is 0 Å². The van der Waals surface area contributed by atoms with Gasteiger partial charge < -0.3 is 0 Å². The summed E-state index contributed by atoms with van der Waals surface area (Å²) < 4.78 is 0. The molecular weight excluding hydrogens is 204 g/mol. The van der Waals surface area contributed by atoms with Crippen molar-refractivity contribution >= 4 is 0 Å². The Bertz CT molecular complexity index is 176. The number of hydrogen-bond donors (Lipinski definition) is 0. The standard InChI is InChI=1S/C17H31/c1-3-5-7-9-11-13-15-17-16-14-12-10-8-6-4-2/h9,11,15,17H,1,3-8,10,12-14,16H2,2H3. The predicted molar refractivity (Wildman–Crippen MR) is 80.1 cm³/mol. The van der Waals surface area contributed by atoms with E-state index in [1.165, 1.54) is 57.8 Å². The van der Waals surface area contributed by atoms with E-state index < -0.39 is 0 Å². The van der Waals surface area contributed by atoms with Gasteiger partial charge in [0.1, 0.15) is 0 Å². The first-order chi connectivity index (χ1) is 8.41. The topological polar surface area (TPSA) is 0 Å². The van der Waals surface area contributed by atoms with E-state index in [2.05, 4.69) is 38.2 Å². The molecule has 0 aliphatic rings. The van der Waals surface area contributed by atoms with Gasteiger partial charge in [-0.15, -0.1) is 0 Å². The highest BCUT2D eigenvalue weighted by molar-refractivity contribution is 4.92. The van der Waals surface area contributed by atoms with Crippen LogP contribution in [0.2, 0.25) is 0 Å². The summed E-state index contributed by atoms with van der Waals surface area (Å²) in [6.45, 7) is 6.10. The second-order valence-corrected chi connectivity index (χ2v) is 4.73. The lowest BCUT2D eigenvalue weighted by molar-refractivity contribution is 0.611. The molecule has 0 saturated carbocycles. The molecule has 0 atom stereocenters. The monoisotopic (exact) mass is 235 g/mol. The Morgan fingerprint density at radius 1 is 0.706 bits per heavy atom. The minimum atomic E-state index is 1.05. The van der Waals surface area contributed by atoms with Gasteiger partial charge in [0.2, 0.25) is 0 Å². The summed E-state index contributed by atoms with van der Waals surface area (Å²) >= 11 is 0. The zero-order valence-corrected chi connectivity index (χ0v) is 11.8. The van der Waals surface area contributed by atoms with Gasteiger partial charge in [-0.1, -0.05) is 76.7 Å². The molecule has 0 bridgehead atoms. The van der Waals surface area contributed by atoms with Crippen molar-refractivity contribution < 1.29 is 0 Å². The molecule has 0 aliphatic heterocycles. The van der Waals surface area contributed by atoms with E-state index in [4.69, 9.17) is 0 Å². The maximum atomic E-state index is 3.83. The van der Waals surface area contributed by atoms with E-state index in [9.17, 15) is 0 Å². The van der Waals surface area contributed by atoms with Crippen LogP contribution in [0.5, 0.6) is 0 Å². The summed E-state index contributed by atoms with van der Waals surface area (Å²) in [5.74, 6) is 0. The van der Waals surface area contributed by atoms with Crippen molar-refractivity contribution in [2.24, 2.45) is 0 Å². The van der Waals surface area contributed by atoms with Crippen molar-refractivity contribution in [1.29, 1.82) is 0 Å². The Morgan fingerprint density at radius 2 is 1.29 bits per heavy atom. The first kappa shape index (κ1) is 16.5. The Labute approximate surface area is 109 Å². The van der Waals surface area contributed by atoms with Crippen LogP contribution in [0, 0.1) is 6.92 Å². The van der Waals surface area contributed by atoms with Crippen molar-refractivity contribution in [2.75, 3.05) is 0 Å². The zero-order chi connectivity index (χ0) is 12.6. The molecule has 0 aromatic rings. The third kappa shape index (κ3) is 15.5. The Morgan fingerprint density at radius 3 is 1.94 bits per heavy atom. The molecule has 1 radical (unpaired) electrons. The van der Waals surface area contributed by atoms with Gasteiger partial charge in [-0.2, -0.15) is 0 Å². The average molecular weight is 235 g/mol. The molecule has 0 unspecified atom stereocenters. The highest BCUT2D eigenvalue weighted by Gasteiger charge is 1.87. The molecular formula is C17H31. The van der Waals surface area contributed by atoms with Gasteiger partial charge in [-0.25, -0.2) is 0 Å². The quantitative estimate of drug-likeness (QED) is 0.277. The molecule has 0 rings (SSSR count). The van der Waals surface area contributed by atoms with Crippen LogP contribution in [-0.2, 0) is 0 Å². The Hall–Kier alpha value is -0.520. The molecule has 99 valence electrons. The maximum Gasteiger partial charge on any atom is -0.0169 e. The number of unbranched alkanes of at least 4 members (excludes halogenated alkanes) is 8. The third-order valence-electron chi connectivity index (χ3n) is 2.95. The van der Waals surface area contributed by atoms with Crippen LogP contribution < -0.4 is 0 Å². The SMILES string of the molecule is [CH2]CCCC=CCC=CCCCCCCCC. The summed E-state index contributed by atoms with van der Waals surface area (Å²) in [5, 5.41) is 0. The molecule has 17 heavy (non-hydrogen) atoms. The fourth-order valence-electron chi connectivity index (χ4n) is 1.81. The van der Waals surface area contributed by atoms with E-state index in [1.807, 2.05) is 0 Å². The highest BCUT2D eigenvalue weighted by atomic mass is 13.9. The molecule has 0 heteroatoms. The summed E-state index contributed by atoms with van der Waals surface area (Å²) in [6.07, 6.45) is 23.4. The van der Waals surface area contributed by atoms with Crippen LogP contribution >= 0.6 is 0 Å². The fourth-order valence-corrected chi connectivity index (χ4v) is 1.81. The molecule has 0 N–H and O–H groups in total. The maximum absolute atomic E-state index is 3.83. The summed E-state index contributed by atoms with van der Waals surface area (Å²) in [7, 11) is 0. The molecule has 0 fully saturated rings. The molecule has 0 spiro atoms. The van der Waals surface area contributed by atoms with Gasteiger partial charge in [0.15, 0.2) is 0 Å². The van der Waals surface area contributed by atoms with E-state index >= 15 is 0 Å². The molecule has 0 aromatic heterocycles. The second kappa shape index (κ2) is 15.5. The van der Waals surface area contributed by atoms with Crippen molar-refractivity contribution in [3.8, 4) is 0 Å². The van der Waals surface area contributed by atoms with Crippen LogP contribution in [-0.4, -0.2) is 0 Å². The largest absolute Gasteiger partial charge is 0.0882 e. The number of allylic oxidation sites excluding steroid dienone is 4. The Balaban J connectivity index is 3.11. The van der Waals surface area contributed by atoms with Crippen molar-refractivity contribution in [3.63, 3.8) is 0 Å².